The molecule has 0 spiro atoms. The molecule has 0 radical (unpaired) electrons. The van der Waals surface area contributed by atoms with E-state index in [1.54, 1.807) is 6.07 Å². The van der Waals surface area contributed by atoms with Crippen molar-refractivity contribution in [3.05, 3.63) is 60.2 Å². The normalized spacial score (nSPS) is 15.0. The van der Waals surface area contributed by atoms with Gasteiger partial charge in [-0.05, 0) is 56.3 Å². The van der Waals surface area contributed by atoms with Crippen molar-refractivity contribution < 1.29 is 4.39 Å². The maximum atomic E-state index is 13.5. The molecule has 0 unspecified atom stereocenters. The summed E-state index contributed by atoms with van der Waals surface area (Å²) in [4.78, 5) is 11.8. The fraction of sp³-hybridized carbons (Fsp3) is 0.263. The van der Waals surface area contributed by atoms with Gasteiger partial charge in [-0.25, -0.2) is 14.4 Å². The third-order valence-electron chi connectivity index (χ3n) is 4.30. The second-order valence-corrected chi connectivity index (χ2v) is 6.12. The summed E-state index contributed by atoms with van der Waals surface area (Å²) >= 11 is 0. The molecule has 1 fully saturated rings. The summed E-state index contributed by atoms with van der Waals surface area (Å²) in [5.74, 6) is 1.26. The summed E-state index contributed by atoms with van der Waals surface area (Å²) in [5.41, 5.74) is 1.59. The summed E-state index contributed by atoms with van der Waals surface area (Å²) < 4.78 is 13.5. The van der Waals surface area contributed by atoms with Crippen LogP contribution >= 0.6 is 0 Å². The molecular formula is C19H19FN4. The maximum Gasteiger partial charge on any atom is 0.145 e. The van der Waals surface area contributed by atoms with E-state index in [9.17, 15) is 4.39 Å². The number of hydrogen-bond donors (Lipinski definition) is 1. The first-order chi connectivity index (χ1) is 11.8. The van der Waals surface area contributed by atoms with E-state index in [2.05, 4.69) is 10.2 Å². The highest BCUT2D eigenvalue weighted by atomic mass is 19.1. The maximum absolute atomic E-state index is 13.5. The lowest BCUT2D eigenvalue weighted by molar-refractivity contribution is 0.323. The fourth-order valence-electron chi connectivity index (χ4n) is 3.13. The van der Waals surface area contributed by atoms with Crippen molar-refractivity contribution >= 4 is 22.4 Å². The number of para-hydroxylation sites is 1. The number of fused-ring (bicyclic) bond motifs is 1. The van der Waals surface area contributed by atoms with Gasteiger partial charge in [0.1, 0.15) is 17.5 Å². The zero-order valence-electron chi connectivity index (χ0n) is 13.4. The SMILES string of the molecule is Fc1cccc(Nc2nc(CN3CCCC3)nc3ccccc23)c1. The van der Waals surface area contributed by atoms with Crippen LogP contribution in [-0.2, 0) is 6.54 Å². The predicted molar refractivity (Wildman–Crippen MR) is 93.7 cm³/mol. The van der Waals surface area contributed by atoms with Crippen LogP contribution < -0.4 is 5.32 Å². The van der Waals surface area contributed by atoms with Gasteiger partial charge in [-0.1, -0.05) is 18.2 Å². The number of benzene rings is 2. The molecule has 3 aromatic rings. The Morgan fingerprint density at radius 2 is 1.83 bits per heavy atom. The monoisotopic (exact) mass is 322 g/mol. The molecule has 4 rings (SSSR count). The number of anilines is 2. The molecule has 1 N–H and O–H groups in total. The van der Waals surface area contributed by atoms with Gasteiger partial charge >= 0.3 is 0 Å². The van der Waals surface area contributed by atoms with Crippen LogP contribution in [0.1, 0.15) is 18.7 Å². The lowest BCUT2D eigenvalue weighted by Crippen LogP contribution is -2.20. The molecule has 1 aromatic heterocycles. The predicted octanol–water partition coefficient (Wildman–Crippen LogP) is 4.11. The Morgan fingerprint density at radius 3 is 2.67 bits per heavy atom. The summed E-state index contributed by atoms with van der Waals surface area (Å²) in [6, 6.07) is 14.3. The second kappa shape index (κ2) is 6.53. The average molecular weight is 322 g/mol. The number of nitrogens with zero attached hydrogens (tertiary/aromatic N) is 3. The molecule has 0 aliphatic carbocycles. The van der Waals surface area contributed by atoms with Crippen LogP contribution in [0.2, 0.25) is 0 Å². The van der Waals surface area contributed by atoms with E-state index in [1.807, 2.05) is 30.3 Å². The lowest BCUT2D eigenvalue weighted by Gasteiger charge is -2.15. The van der Waals surface area contributed by atoms with Gasteiger partial charge in [-0.15, -0.1) is 0 Å². The van der Waals surface area contributed by atoms with Crippen LogP contribution in [-0.4, -0.2) is 28.0 Å². The van der Waals surface area contributed by atoms with Crippen molar-refractivity contribution in [3.63, 3.8) is 0 Å². The smallest absolute Gasteiger partial charge is 0.145 e. The Bertz CT molecular complexity index is 859. The van der Waals surface area contributed by atoms with Gasteiger partial charge in [-0.2, -0.15) is 0 Å². The number of rotatable bonds is 4. The molecule has 1 aliphatic rings. The van der Waals surface area contributed by atoms with E-state index in [1.165, 1.54) is 25.0 Å². The van der Waals surface area contributed by atoms with Crippen LogP contribution in [0.5, 0.6) is 0 Å². The molecule has 4 nitrogen and oxygen atoms in total. The van der Waals surface area contributed by atoms with Crippen LogP contribution in [0.3, 0.4) is 0 Å². The van der Waals surface area contributed by atoms with Crippen molar-refractivity contribution in [2.45, 2.75) is 19.4 Å². The van der Waals surface area contributed by atoms with Gasteiger partial charge in [0.25, 0.3) is 0 Å². The van der Waals surface area contributed by atoms with Crippen molar-refractivity contribution in [1.82, 2.24) is 14.9 Å². The molecule has 0 saturated carbocycles. The Morgan fingerprint density at radius 1 is 1.00 bits per heavy atom. The zero-order valence-corrected chi connectivity index (χ0v) is 13.4. The Balaban J connectivity index is 1.71. The molecule has 2 aromatic carbocycles. The molecule has 122 valence electrons. The van der Waals surface area contributed by atoms with Crippen LogP contribution in [0.25, 0.3) is 10.9 Å². The van der Waals surface area contributed by atoms with E-state index in [0.29, 0.717) is 5.69 Å². The zero-order chi connectivity index (χ0) is 16.4. The Labute approximate surface area is 140 Å². The molecule has 0 bridgehead atoms. The van der Waals surface area contributed by atoms with Gasteiger partial charge < -0.3 is 5.32 Å². The minimum absolute atomic E-state index is 0.268. The largest absolute Gasteiger partial charge is 0.340 e. The minimum Gasteiger partial charge on any atom is -0.340 e. The molecule has 1 aliphatic heterocycles. The first-order valence-electron chi connectivity index (χ1n) is 8.28. The Hall–Kier alpha value is -2.53. The standard InChI is InChI=1S/C19H19FN4/c20-14-6-5-7-15(12-14)21-19-16-8-1-2-9-17(16)22-18(23-19)13-24-10-3-4-11-24/h1-2,5-9,12H,3-4,10-11,13H2,(H,21,22,23). The van der Waals surface area contributed by atoms with E-state index >= 15 is 0 Å². The number of likely N-dealkylation sites (tertiary alicyclic amines) is 1. The van der Waals surface area contributed by atoms with Crippen LogP contribution in [0, 0.1) is 5.82 Å². The number of nitrogens with one attached hydrogen (secondary N) is 1. The van der Waals surface area contributed by atoms with Gasteiger partial charge in [0.15, 0.2) is 0 Å². The fourth-order valence-corrected chi connectivity index (χ4v) is 3.13. The van der Waals surface area contributed by atoms with E-state index < -0.39 is 0 Å². The third kappa shape index (κ3) is 3.21. The quantitative estimate of drug-likeness (QED) is 0.785. The first kappa shape index (κ1) is 15.0. The summed E-state index contributed by atoms with van der Waals surface area (Å²) in [5, 5.41) is 4.18. The van der Waals surface area contributed by atoms with Crippen molar-refractivity contribution in [2.24, 2.45) is 0 Å². The molecule has 0 amide bonds. The molecule has 1 saturated heterocycles. The van der Waals surface area contributed by atoms with E-state index in [-0.39, 0.29) is 5.82 Å². The highest BCUT2D eigenvalue weighted by Gasteiger charge is 2.15. The van der Waals surface area contributed by atoms with Gasteiger partial charge in [0.2, 0.25) is 0 Å². The first-order valence-corrected chi connectivity index (χ1v) is 8.28. The molecule has 2 heterocycles. The summed E-state index contributed by atoms with van der Waals surface area (Å²) in [7, 11) is 0. The molecule has 5 heteroatoms. The second-order valence-electron chi connectivity index (χ2n) is 6.12. The summed E-state index contributed by atoms with van der Waals surface area (Å²) in [6.45, 7) is 2.95. The highest BCUT2D eigenvalue weighted by Crippen LogP contribution is 2.25. The van der Waals surface area contributed by atoms with Crippen molar-refractivity contribution in [3.8, 4) is 0 Å². The van der Waals surface area contributed by atoms with E-state index in [4.69, 9.17) is 9.97 Å². The minimum atomic E-state index is -0.268. The average Bonchev–Trinajstić information content (AvgIpc) is 3.08. The number of halogens is 1. The topological polar surface area (TPSA) is 41.1 Å². The van der Waals surface area contributed by atoms with Gasteiger partial charge in [-0.3, -0.25) is 4.90 Å². The molecular weight excluding hydrogens is 303 g/mol. The van der Waals surface area contributed by atoms with E-state index in [0.717, 1.165) is 42.2 Å². The Kier molecular flexibility index (Phi) is 4.09. The lowest BCUT2D eigenvalue weighted by atomic mass is 10.2. The van der Waals surface area contributed by atoms with Crippen molar-refractivity contribution in [2.75, 3.05) is 18.4 Å². The summed E-state index contributed by atoms with van der Waals surface area (Å²) in [6.07, 6.45) is 2.48. The van der Waals surface area contributed by atoms with Crippen LogP contribution in [0.15, 0.2) is 48.5 Å². The van der Waals surface area contributed by atoms with Crippen LogP contribution in [0.4, 0.5) is 15.9 Å². The van der Waals surface area contributed by atoms with Gasteiger partial charge in [0, 0.05) is 11.1 Å². The third-order valence-corrected chi connectivity index (χ3v) is 4.30. The molecule has 24 heavy (non-hydrogen) atoms. The number of hydrogen-bond acceptors (Lipinski definition) is 4. The molecule has 0 atom stereocenters. The number of aromatic nitrogens is 2. The van der Waals surface area contributed by atoms with Crippen molar-refractivity contribution in [1.29, 1.82) is 0 Å². The van der Waals surface area contributed by atoms with Gasteiger partial charge in [0.05, 0.1) is 12.1 Å². The highest BCUT2D eigenvalue weighted by molar-refractivity contribution is 5.90.